The van der Waals surface area contributed by atoms with Crippen LogP contribution in [0.25, 0.3) is 0 Å². The summed E-state index contributed by atoms with van der Waals surface area (Å²) in [6.07, 6.45) is 4.19. The molecule has 7 heteroatoms. The molecular formula is C12H23N5OS. The highest BCUT2D eigenvalue weighted by Gasteiger charge is 2.06. The summed E-state index contributed by atoms with van der Waals surface area (Å²) in [7, 11) is 1.55. The second-order valence-corrected chi connectivity index (χ2v) is 5.43. The fraction of sp³-hybridized carbons (Fsp3) is 0.750. The van der Waals surface area contributed by atoms with E-state index >= 15 is 0 Å². The molecule has 1 rings (SSSR count). The predicted molar refractivity (Wildman–Crippen MR) is 81.2 cm³/mol. The van der Waals surface area contributed by atoms with Crippen LogP contribution in [0.1, 0.15) is 26.7 Å². The summed E-state index contributed by atoms with van der Waals surface area (Å²) >= 11 is 1.85. The molecule has 0 fully saturated rings. The zero-order chi connectivity index (χ0) is 14.1. The zero-order valence-corrected chi connectivity index (χ0v) is 12.9. The van der Waals surface area contributed by atoms with Gasteiger partial charge in [0.1, 0.15) is 0 Å². The Morgan fingerprint density at radius 3 is 2.32 bits per heavy atom. The van der Waals surface area contributed by atoms with Crippen LogP contribution in [0.5, 0.6) is 6.01 Å². The maximum absolute atomic E-state index is 5.08. The van der Waals surface area contributed by atoms with E-state index in [-0.39, 0.29) is 0 Å². The van der Waals surface area contributed by atoms with Crippen molar-refractivity contribution in [2.75, 3.05) is 37.1 Å². The van der Waals surface area contributed by atoms with Crippen molar-refractivity contribution >= 4 is 23.7 Å². The number of rotatable bonds is 9. The lowest BCUT2D eigenvalue weighted by molar-refractivity contribution is 0.379. The number of hydrogen-bond acceptors (Lipinski definition) is 7. The van der Waals surface area contributed by atoms with Gasteiger partial charge in [-0.05, 0) is 19.1 Å². The van der Waals surface area contributed by atoms with E-state index in [9.17, 15) is 0 Å². The van der Waals surface area contributed by atoms with Crippen molar-refractivity contribution < 1.29 is 4.74 Å². The highest BCUT2D eigenvalue weighted by Crippen LogP contribution is 2.12. The molecule has 1 unspecified atom stereocenters. The second kappa shape index (κ2) is 8.79. The van der Waals surface area contributed by atoms with Crippen molar-refractivity contribution in [1.29, 1.82) is 0 Å². The summed E-state index contributed by atoms with van der Waals surface area (Å²) in [5.74, 6) is 1.10. The smallest absolute Gasteiger partial charge is 0.322 e. The van der Waals surface area contributed by atoms with Gasteiger partial charge in [-0.2, -0.15) is 26.7 Å². The van der Waals surface area contributed by atoms with Crippen LogP contribution in [-0.2, 0) is 0 Å². The first-order valence-corrected chi connectivity index (χ1v) is 7.79. The molecule has 0 aromatic carbocycles. The van der Waals surface area contributed by atoms with Crippen LogP contribution in [0.2, 0.25) is 0 Å². The summed E-state index contributed by atoms with van der Waals surface area (Å²) in [5, 5.41) is 6.96. The van der Waals surface area contributed by atoms with E-state index in [0.717, 1.165) is 25.9 Å². The molecule has 1 aromatic rings. The fourth-order valence-corrected chi connectivity index (χ4v) is 1.70. The molecule has 108 valence electrons. The van der Waals surface area contributed by atoms with Gasteiger partial charge in [0.25, 0.3) is 0 Å². The lowest BCUT2D eigenvalue weighted by Gasteiger charge is -2.11. The molecule has 1 aromatic heterocycles. The molecule has 0 aliphatic rings. The second-order valence-electron chi connectivity index (χ2n) is 4.16. The van der Waals surface area contributed by atoms with E-state index in [0.29, 0.717) is 23.2 Å². The van der Waals surface area contributed by atoms with Crippen molar-refractivity contribution in [2.24, 2.45) is 0 Å². The Hall–Kier alpha value is -1.24. The lowest BCUT2D eigenvalue weighted by Crippen LogP contribution is -2.13. The van der Waals surface area contributed by atoms with Gasteiger partial charge in [0.05, 0.1) is 7.11 Å². The van der Waals surface area contributed by atoms with Gasteiger partial charge < -0.3 is 15.4 Å². The Bertz CT molecular complexity index is 377. The topological polar surface area (TPSA) is 72.0 Å². The fourth-order valence-electron chi connectivity index (χ4n) is 1.35. The largest absolute Gasteiger partial charge is 0.467 e. The molecule has 0 spiro atoms. The minimum atomic E-state index is 0.328. The van der Waals surface area contributed by atoms with E-state index in [1.807, 2.05) is 11.8 Å². The minimum Gasteiger partial charge on any atom is -0.467 e. The summed E-state index contributed by atoms with van der Waals surface area (Å²) in [4.78, 5) is 12.6. The minimum absolute atomic E-state index is 0.328. The maximum atomic E-state index is 5.08. The van der Waals surface area contributed by atoms with Crippen LogP contribution < -0.4 is 15.4 Å². The first-order valence-electron chi connectivity index (χ1n) is 6.50. The van der Waals surface area contributed by atoms with Crippen molar-refractivity contribution in [1.82, 2.24) is 15.0 Å². The van der Waals surface area contributed by atoms with E-state index in [1.54, 1.807) is 7.11 Å². The molecule has 2 N–H and O–H groups in total. The first kappa shape index (κ1) is 15.8. The first-order chi connectivity index (χ1) is 9.19. The molecule has 0 amide bonds. The molecule has 0 radical (unpaired) electrons. The van der Waals surface area contributed by atoms with Gasteiger partial charge in [0.15, 0.2) is 0 Å². The molecule has 0 saturated carbocycles. The number of methoxy groups -OCH3 is 1. The van der Waals surface area contributed by atoms with E-state index in [1.165, 1.54) is 0 Å². The van der Waals surface area contributed by atoms with Crippen LogP contribution >= 0.6 is 11.8 Å². The third-order valence-corrected chi connectivity index (χ3v) is 3.61. The van der Waals surface area contributed by atoms with Crippen LogP contribution in [0.3, 0.4) is 0 Å². The number of nitrogens with one attached hydrogen (secondary N) is 2. The van der Waals surface area contributed by atoms with Crippen molar-refractivity contribution in [3.63, 3.8) is 0 Å². The van der Waals surface area contributed by atoms with Crippen LogP contribution in [0, 0.1) is 0 Å². The Kier molecular flexibility index (Phi) is 7.32. The number of aromatic nitrogens is 3. The van der Waals surface area contributed by atoms with Crippen molar-refractivity contribution in [2.45, 2.75) is 31.9 Å². The van der Waals surface area contributed by atoms with Crippen molar-refractivity contribution in [3.8, 4) is 6.01 Å². The van der Waals surface area contributed by atoms with Gasteiger partial charge in [-0.3, -0.25) is 0 Å². The van der Waals surface area contributed by atoms with E-state index in [2.05, 4.69) is 45.7 Å². The molecule has 0 aliphatic heterocycles. The summed E-state index contributed by atoms with van der Waals surface area (Å²) < 4.78 is 5.08. The molecule has 0 aliphatic carbocycles. The van der Waals surface area contributed by atoms with Crippen LogP contribution in [0.15, 0.2) is 0 Å². The van der Waals surface area contributed by atoms with Gasteiger partial charge in [-0.15, -0.1) is 0 Å². The monoisotopic (exact) mass is 285 g/mol. The number of nitrogens with zero attached hydrogens (tertiary/aromatic N) is 3. The molecular weight excluding hydrogens is 262 g/mol. The number of hydrogen-bond donors (Lipinski definition) is 2. The predicted octanol–water partition coefficient (Wildman–Crippen LogP) is 2.26. The van der Waals surface area contributed by atoms with Gasteiger partial charge in [0.2, 0.25) is 11.9 Å². The Morgan fingerprint density at radius 2 is 1.79 bits per heavy atom. The Balaban J connectivity index is 2.60. The normalized spacial score (nSPS) is 12.0. The maximum Gasteiger partial charge on any atom is 0.322 e. The van der Waals surface area contributed by atoms with Gasteiger partial charge >= 0.3 is 6.01 Å². The SMILES string of the molecule is CCCNc1nc(NCCC(C)SC)nc(OC)n1. The number of thioether (sulfide) groups is 1. The summed E-state index contributed by atoms with van der Waals surface area (Å²) in [6.45, 7) is 5.96. The molecule has 1 heterocycles. The Labute approximate surface area is 119 Å². The molecule has 0 saturated heterocycles. The standard InChI is InChI=1S/C12H23N5OS/c1-5-7-13-10-15-11(17-12(16-10)18-3)14-8-6-9(2)19-4/h9H,5-8H2,1-4H3,(H2,13,14,15,16,17). The van der Waals surface area contributed by atoms with Gasteiger partial charge in [0, 0.05) is 18.3 Å². The average Bonchev–Trinajstić information content (AvgIpc) is 2.44. The quantitative estimate of drug-likeness (QED) is 0.721. The number of ether oxygens (including phenoxy) is 1. The highest BCUT2D eigenvalue weighted by atomic mass is 32.2. The van der Waals surface area contributed by atoms with Crippen LogP contribution in [0.4, 0.5) is 11.9 Å². The van der Waals surface area contributed by atoms with E-state index < -0.39 is 0 Å². The van der Waals surface area contributed by atoms with Gasteiger partial charge in [-0.1, -0.05) is 13.8 Å². The number of anilines is 2. The lowest BCUT2D eigenvalue weighted by atomic mass is 10.3. The van der Waals surface area contributed by atoms with Crippen LogP contribution in [-0.4, -0.2) is 46.7 Å². The summed E-state index contributed by atoms with van der Waals surface area (Å²) in [6, 6.07) is 0.328. The molecule has 19 heavy (non-hydrogen) atoms. The van der Waals surface area contributed by atoms with Gasteiger partial charge in [-0.25, -0.2) is 0 Å². The Morgan fingerprint density at radius 1 is 1.16 bits per heavy atom. The molecule has 6 nitrogen and oxygen atoms in total. The third kappa shape index (κ3) is 5.96. The third-order valence-electron chi connectivity index (χ3n) is 2.57. The van der Waals surface area contributed by atoms with E-state index in [4.69, 9.17) is 4.74 Å². The van der Waals surface area contributed by atoms with Crippen molar-refractivity contribution in [3.05, 3.63) is 0 Å². The molecule has 0 bridgehead atoms. The average molecular weight is 285 g/mol. The summed E-state index contributed by atoms with van der Waals surface area (Å²) in [5.41, 5.74) is 0. The zero-order valence-electron chi connectivity index (χ0n) is 12.1. The molecule has 1 atom stereocenters. The highest BCUT2D eigenvalue weighted by molar-refractivity contribution is 7.99.